The summed E-state index contributed by atoms with van der Waals surface area (Å²) in [5.74, 6) is -0.292. The first-order chi connectivity index (χ1) is 12.2. The molecule has 138 valence electrons. The molecular formula is C20H24FN3O2. The lowest BCUT2D eigenvalue weighted by Crippen LogP contribution is -2.35. The molecule has 2 heterocycles. The number of fused-ring (bicyclic) bond motifs is 1. The van der Waals surface area contributed by atoms with E-state index in [0.717, 1.165) is 17.0 Å². The van der Waals surface area contributed by atoms with Gasteiger partial charge in [0.05, 0.1) is 23.8 Å². The van der Waals surface area contributed by atoms with Crippen molar-refractivity contribution < 1.29 is 13.9 Å². The predicted molar refractivity (Wildman–Crippen MR) is 98.1 cm³/mol. The van der Waals surface area contributed by atoms with Crippen LogP contribution < -0.4 is 5.32 Å². The highest BCUT2D eigenvalue weighted by molar-refractivity contribution is 5.70. The Bertz CT molecular complexity index is 832. The van der Waals surface area contributed by atoms with Crippen LogP contribution >= 0.6 is 0 Å². The van der Waals surface area contributed by atoms with Crippen molar-refractivity contribution in [2.24, 2.45) is 0 Å². The van der Waals surface area contributed by atoms with Crippen molar-refractivity contribution in [3.63, 3.8) is 0 Å². The van der Waals surface area contributed by atoms with Gasteiger partial charge in [0, 0.05) is 12.1 Å². The van der Waals surface area contributed by atoms with Crippen LogP contribution in [0.4, 0.5) is 9.18 Å². The second-order valence-corrected chi connectivity index (χ2v) is 7.60. The van der Waals surface area contributed by atoms with E-state index in [1.807, 2.05) is 25.3 Å². The van der Waals surface area contributed by atoms with Crippen molar-refractivity contribution in [3.8, 4) is 11.3 Å². The Hall–Kier alpha value is -2.63. The summed E-state index contributed by atoms with van der Waals surface area (Å²) in [4.78, 5) is 16.8. The third-order valence-electron chi connectivity index (χ3n) is 4.14. The highest BCUT2D eigenvalue weighted by atomic mass is 19.1. The van der Waals surface area contributed by atoms with Crippen LogP contribution in [0.5, 0.6) is 0 Å². The van der Waals surface area contributed by atoms with Crippen LogP contribution in [0, 0.1) is 5.82 Å². The number of halogens is 1. The third kappa shape index (κ3) is 4.12. The number of imidazole rings is 1. The van der Waals surface area contributed by atoms with E-state index in [1.165, 1.54) is 17.7 Å². The van der Waals surface area contributed by atoms with Crippen LogP contribution in [-0.4, -0.2) is 21.2 Å². The molecule has 0 aliphatic carbocycles. The molecule has 0 fully saturated rings. The minimum Gasteiger partial charge on any atom is -0.444 e. The summed E-state index contributed by atoms with van der Waals surface area (Å²) in [6.45, 7) is 8.25. The van der Waals surface area contributed by atoms with E-state index in [9.17, 15) is 9.18 Å². The number of hydrogen-bond acceptors (Lipinski definition) is 3. The van der Waals surface area contributed by atoms with E-state index in [0.29, 0.717) is 13.0 Å². The van der Waals surface area contributed by atoms with Crippen molar-refractivity contribution in [2.75, 3.05) is 0 Å². The van der Waals surface area contributed by atoms with Gasteiger partial charge < -0.3 is 14.6 Å². The fourth-order valence-electron chi connectivity index (χ4n) is 3.05. The smallest absolute Gasteiger partial charge is 0.408 e. The molecular weight excluding hydrogens is 333 g/mol. The number of alkyl carbamates (subject to hydrolysis) is 1. The molecule has 5 nitrogen and oxygen atoms in total. The summed E-state index contributed by atoms with van der Waals surface area (Å²) in [6.07, 6.45) is 4.06. The van der Waals surface area contributed by atoms with Gasteiger partial charge in [-0.3, -0.25) is 0 Å². The van der Waals surface area contributed by atoms with Crippen LogP contribution in [0.1, 0.15) is 45.9 Å². The quantitative estimate of drug-likeness (QED) is 0.799. The normalized spacial score (nSPS) is 17.1. The van der Waals surface area contributed by atoms with Crippen LogP contribution in [0.2, 0.25) is 0 Å². The monoisotopic (exact) mass is 357 g/mol. The van der Waals surface area contributed by atoms with E-state index < -0.39 is 11.7 Å². The molecule has 1 N–H and O–H groups in total. The van der Waals surface area contributed by atoms with Crippen molar-refractivity contribution >= 4 is 6.09 Å². The van der Waals surface area contributed by atoms with Crippen molar-refractivity contribution in [1.29, 1.82) is 0 Å². The summed E-state index contributed by atoms with van der Waals surface area (Å²) in [5, 5.41) is 2.96. The van der Waals surface area contributed by atoms with Gasteiger partial charge in [0.2, 0.25) is 0 Å². The van der Waals surface area contributed by atoms with Crippen LogP contribution in [0.3, 0.4) is 0 Å². The van der Waals surface area contributed by atoms with Gasteiger partial charge in [0.15, 0.2) is 0 Å². The number of amides is 1. The van der Waals surface area contributed by atoms with Crippen molar-refractivity contribution in [1.82, 2.24) is 14.9 Å². The fourth-order valence-corrected chi connectivity index (χ4v) is 3.05. The Kier molecular flexibility index (Phi) is 4.85. The number of aromatic nitrogens is 2. The van der Waals surface area contributed by atoms with Gasteiger partial charge in [-0.25, -0.2) is 14.2 Å². The van der Waals surface area contributed by atoms with Gasteiger partial charge in [0.1, 0.15) is 11.4 Å². The van der Waals surface area contributed by atoms with Gasteiger partial charge in [-0.15, -0.1) is 0 Å². The van der Waals surface area contributed by atoms with Crippen LogP contribution in [0.15, 0.2) is 42.2 Å². The lowest BCUT2D eigenvalue weighted by Gasteiger charge is -2.23. The molecule has 3 rings (SSSR count). The van der Waals surface area contributed by atoms with E-state index in [2.05, 4.69) is 23.3 Å². The Morgan fingerprint density at radius 1 is 1.31 bits per heavy atom. The number of allylic oxidation sites excluding steroid dienone is 1. The lowest BCUT2D eigenvalue weighted by molar-refractivity contribution is 0.0502. The number of nitrogens with zero attached hydrogens (tertiary/aromatic N) is 2. The SMILES string of the molecule is CC1=CCC(NC(=O)OC(C)(C)C)c2c(-c3ccc(F)cc3)ncn2C1. The van der Waals surface area contributed by atoms with Gasteiger partial charge in [-0.05, 0) is 58.4 Å². The molecule has 1 aliphatic rings. The van der Waals surface area contributed by atoms with Crippen LogP contribution in [0.25, 0.3) is 11.3 Å². The van der Waals surface area contributed by atoms with E-state index >= 15 is 0 Å². The number of hydrogen-bond donors (Lipinski definition) is 1. The average Bonchev–Trinajstić information content (AvgIpc) is 2.87. The third-order valence-corrected chi connectivity index (χ3v) is 4.14. The molecule has 1 amide bonds. The van der Waals surface area contributed by atoms with E-state index in [4.69, 9.17) is 4.74 Å². The summed E-state index contributed by atoms with van der Waals surface area (Å²) in [6, 6.07) is 5.96. The molecule has 2 aromatic rings. The number of benzene rings is 1. The number of rotatable bonds is 2. The van der Waals surface area contributed by atoms with Gasteiger partial charge >= 0.3 is 6.09 Å². The minimum atomic E-state index is -0.569. The van der Waals surface area contributed by atoms with Crippen molar-refractivity contribution in [3.05, 3.63) is 53.8 Å². The average molecular weight is 357 g/mol. The number of ether oxygens (including phenoxy) is 1. The standard InChI is InChI=1S/C20H24FN3O2/c1-13-5-10-16(23-19(25)26-20(2,3)4)18-17(22-12-24(18)11-13)14-6-8-15(21)9-7-14/h5-9,12,16H,10-11H2,1-4H3,(H,23,25). The zero-order valence-corrected chi connectivity index (χ0v) is 15.5. The molecule has 0 saturated carbocycles. The fraction of sp³-hybridized carbons (Fsp3) is 0.400. The first-order valence-electron chi connectivity index (χ1n) is 8.69. The molecule has 0 bridgehead atoms. The summed E-state index contributed by atoms with van der Waals surface area (Å²) >= 11 is 0. The second-order valence-electron chi connectivity index (χ2n) is 7.60. The Balaban J connectivity index is 1.96. The van der Waals surface area contributed by atoms with E-state index in [1.54, 1.807) is 18.5 Å². The number of nitrogens with one attached hydrogen (secondary N) is 1. The highest BCUT2D eigenvalue weighted by Crippen LogP contribution is 2.32. The number of carbonyl (C=O) groups excluding carboxylic acids is 1. The maximum atomic E-state index is 13.3. The minimum absolute atomic E-state index is 0.273. The van der Waals surface area contributed by atoms with Gasteiger partial charge in [-0.2, -0.15) is 0 Å². The summed E-state index contributed by atoms with van der Waals surface area (Å²) in [5.41, 5.74) is 3.09. The molecule has 0 radical (unpaired) electrons. The topological polar surface area (TPSA) is 56.1 Å². The molecule has 1 aliphatic heterocycles. The zero-order valence-electron chi connectivity index (χ0n) is 15.5. The molecule has 0 saturated heterocycles. The lowest BCUT2D eigenvalue weighted by atomic mass is 10.0. The molecule has 6 heteroatoms. The summed E-state index contributed by atoms with van der Waals surface area (Å²) in [7, 11) is 0. The van der Waals surface area contributed by atoms with Crippen LogP contribution in [-0.2, 0) is 11.3 Å². The Labute approximate surface area is 152 Å². The molecule has 26 heavy (non-hydrogen) atoms. The van der Waals surface area contributed by atoms with Gasteiger partial charge in [-0.1, -0.05) is 11.6 Å². The Morgan fingerprint density at radius 2 is 2.00 bits per heavy atom. The maximum Gasteiger partial charge on any atom is 0.408 e. The largest absolute Gasteiger partial charge is 0.444 e. The summed E-state index contributed by atoms with van der Waals surface area (Å²) < 4.78 is 20.7. The molecule has 1 aromatic carbocycles. The zero-order chi connectivity index (χ0) is 18.9. The molecule has 1 unspecified atom stereocenters. The molecule has 0 spiro atoms. The first-order valence-corrected chi connectivity index (χ1v) is 8.69. The van der Waals surface area contributed by atoms with Gasteiger partial charge in [0.25, 0.3) is 0 Å². The Morgan fingerprint density at radius 3 is 2.65 bits per heavy atom. The maximum absolute atomic E-state index is 13.3. The van der Waals surface area contributed by atoms with E-state index in [-0.39, 0.29) is 11.9 Å². The first kappa shape index (κ1) is 18.2. The van der Waals surface area contributed by atoms with Crippen molar-refractivity contribution in [2.45, 2.75) is 52.3 Å². The number of carbonyl (C=O) groups is 1. The highest BCUT2D eigenvalue weighted by Gasteiger charge is 2.27. The molecule has 1 atom stereocenters. The second kappa shape index (κ2) is 6.94. The molecule has 1 aromatic heterocycles. The predicted octanol–water partition coefficient (Wildman–Crippen LogP) is 4.61.